The number of esters is 1. The molecular formula is C25H33FN2O3. The molecule has 0 radical (unpaired) electrons. The first-order valence-electron chi connectivity index (χ1n) is 12.0. The number of halogens is 1. The normalized spacial score (nSPS) is 42.3. The molecule has 1 aromatic carbocycles. The van der Waals surface area contributed by atoms with Gasteiger partial charge in [0, 0.05) is 38.6 Å². The zero-order valence-corrected chi connectivity index (χ0v) is 18.4. The number of nitrogens with zero attached hydrogens (tertiary/aromatic N) is 2. The van der Waals surface area contributed by atoms with Crippen molar-refractivity contribution in [2.45, 2.75) is 50.7 Å². The lowest BCUT2D eigenvalue weighted by molar-refractivity contribution is -0.147. The summed E-state index contributed by atoms with van der Waals surface area (Å²) >= 11 is 0. The molecule has 1 aromatic rings. The van der Waals surface area contributed by atoms with Gasteiger partial charge in [0.25, 0.3) is 0 Å². The van der Waals surface area contributed by atoms with Crippen molar-refractivity contribution in [3.63, 3.8) is 0 Å². The number of carbonyl (C=O) groups excluding carboxylic acids is 1. The molecule has 0 N–H and O–H groups in total. The molecule has 31 heavy (non-hydrogen) atoms. The minimum absolute atomic E-state index is 0.000421. The van der Waals surface area contributed by atoms with Crippen LogP contribution in [0.15, 0.2) is 24.3 Å². The van der Waals surface area contributed by atoms with Gasteiger partial charge in [0.2, 0.25) is 0 Å². The monoisotopic (exact) mass is 428 g/mol. The lowest BCUT2D eigenvalue weighted by atomic mass is 9.53. The highest BCUT2D eigenvalue weighted by Gasteiger charge is 2.65. The molecule has 6 rings (SSSR count). The van der Waals surface area contributed by atoms with E-state index in [0.717, 1.165) is 52.2 Å². The number of fused-ring (bicyclic) bond motifs is 3. The maximum atomic E-state index is 14.1. The number of carbonyl (C=O) groups is 1. The molecular weight excluding hydrogens is 395 g/mol. The van der Waals surface area contributed by atoms with Gasteiger partial charge in [-0.15, -0.1) is 0 Å². The Balaban J connectivity index is 1.12. The molecule has 6 heteroatoms. The predicted molar refractivity (Wildman–Crippen MR) is 115 cm³/mol. The van der Waals surface area contributed by atoms with Crippen molar-refractivity contribution in [2.75, 3.05) is 44.2 Å². The molecule has 0 bridgehead atoms. The summed E-state index contributed by atoms with van der Waals surface area (Å²) in [6.07, 6.45) is 5.78. The lowest BCUT2D eigenvalue weighted by Gasteiger charge is -2.51. The molecule has 3 aliphatic heterocycles. The van der Waals surface area contributed by atoms with Crippen LogP contribution < -0.4 is 4.90 Å². The first-order chi connectivity index (χ1) is 15.0. The Labute approximate surface area is 183 Å². The molecule has 1 spiro atoms. The van der Waals surface area contributed by atoms with Crippen molar-refractivity contribution in [1.82, 2.24) is 4.90 Å². The van der Waals surface area contributed by atoms with E-state index in [9.17, 15) is 9.18 Å². The van der Waals surface area contributed by atoms with Crippen LogP contribution in [0.2, 0.25) is 0 Å². The Morgan fingerprint density at radius 2 is 1.94 bits per heavy atom. The minimum atomic E-state index is -0.160. The Morgan fingerprint density at radius 1 is 1.16 bits per heavy atom. The predicted octanol–water partition coefficient (Wildman–Crippen LogP) is 3.47. The first-order valence-corrected chi connectivity index (χ1v) is 12.0. The number of ether oxygens (including phenoxy) is 2. The molecule has 5 fully saturated rings. The van der Waals surface area contributed by atoms with E-state index in [2.05, 4.69) is 16.7 Å². The highest BCUT2D eigenvalue weighted by molar-refractivity contribution is 5.75. The van der Waals surface area contributed by atoms with Crippen molar-refractivity contribution in [3.05, 3.63) is 30.1 Å². The third-order valence-corrected chi connectivity index (χ3v) is 9.10. The number of epoxide rings is 1. The summed E-state index contributed by atoms with van der Waals surface area (Å²) in [6.45, 7) is 7.35. The van der Waals surface area contributed by atoms with Gasteiger partial charge in [-0.25, -0.2) is 4.39 Å². The van der Waals surface area contributed by atoms with Crippen LogP contribution >= 0.6 is 0 Å². The second-order valence-corrected chi connectivity index (χ2v) is 10.8. The average Bonchev–Trinajstić information content (AvgIpc) is 3.46. The van der Waals surface area contributed by atoms with Crippen molar-refractivity contribution < 1.29 is 18.7 Å². The highest BCUT2D eigenvalue weighted by atomic mass is 19.1. The van der Waals surface area contributed by atoms with E-state index in [1.807, 2.05) is 12.1 Å². The molecule has 3 heterocycles. The number of benzene rings is 1. The average molecular weight is 429 g/mol. The quantitative estimate of drug-likeness (QED) is 0.545. The van der Waals surface area contributed by atoms with E-state index in [1.165, 1.54) is 25.3 Å². The Bertz CT molecular complexity index is 866. The fraction of sp³-hybridized carbons (Fsp3) is 0.720. The molecule has 5 aliphatic rings. The van der Waals surface area contributed by atoms with Gasteiger partial charge in [0.05, 0.1) is 23.8 Å². The van der Waals surface area contributed by atoms with Gasteiger partial charge in [0.15, 0.2) is 0 Å². The summed E-state index contributed by atoms with van der Waals surface area (Å²) in [5.74, 6) is 0.679. The zero-order valence-electron chi connectivity index (χ0n) is 18.4. The van der Waals surface area contributed by atoms with Crippen LogP contribution in [0.5, 0.6) is 0 Å². The fourth-order valence-electron chi connectivity index (χ4n) is 7.32. The number of hydrogen-bond acceptors (Lipinski definition) is 5. The van der Waals surface area contributed by atoms with Crippen molar-refractivity contribution in [1.29, 1.82) is 0 Å². The van der Waals surface area contributed by atoms with Gasteiger partial charge in [-0.3, -0.25) is 9.69 Å². The molecule has 5 nitrogen and oxygen atoms in total. The molecule has 0 amide bonds. The molecule has 6 atom stereocenters. The summed E-state index contributed by atoms with van der Waals surface area (Å²) in [6, 6.07) is 6.99. The number of para-hydroxylation sites is 1. The van der Waals surface area contributed by atoms with Crippen LogP contribution in [0.1, 0.15) is 39.0 Å². The molecule has 2 saturated carbocycles. The van der Waals surface area contributed by atoms with Crippen LogP contribution in [-0.4, -0.2) is 61.9 Å². The van der Waals surface area contributed by atoms with Crippen molar-refractivity contribution >= 4 is 11.7 Å². The molecule has 3 saturated heterocycles. The Hall–Kier alpha value is -1.66. The van der Waals surface area contributed by atoms with Gasteiger partial charge in [0.1, 0.15) is 11.9 Å². The Kier molecular flexibility index (Phi) is 4.62. The number of hydrogen-bond donors (Lipinski definition) is 0. The SMILES string of the molecule is C[C@]12CCC[C@]3(CO3)[C@@H]1C[C@@H]1[C@H](CN3CCN(c4ccccc4F)CC3)C(=O)O[C@@H]1C2. The molecule has 168 valence electrons. The Morgan fingerprint density at radius 3 is 2.68 bits per heavy atom. The lowest BCUT2D eigenvalue weighted by Crippen LogP contribution is -2.52. The zero-order chi connectivity index (χ0) is 21.2. The third-order valence-electron chi connectivity index (χ3n) is 9.10. The van der Waals surface area contributed by atoms with Gasteiger partial charge in [-0.05, 0) is 55.6 Å². The van der Waals surface area contributed by atoms with Crippen LogP contribution in [0.3, 0.4) is 0 Å². The van der Waals surface area contributed by atoms with E-state index in [1.54, 1.807) is 6.07 Å². The summed E-state index contributed by atoms with van der Waals surface area (Å²) in [5.41, 5.74) is 1.02. The largest absolute Gasteiger partial charge is 0.462 e. The fourth-order valence-corrected chi connectivity index (χ4v) is 7.32. The third kappa shape index (κ3) is 3.29. The summed E-state index contributed by atoms with van der Waals surface area (Å²) in [4.78, 5) is 17.4. The highest BCUT2D eigenvalue weighted by Crippen LogP contribution is 2.62. The number of piperazine rings is 1. The van der Waals surface area contributed by atoms with Gasteiger partial charge < -0.3 is 14.4 Å². The summed E-state index contributed by atoms with van der Waals surface area (Å²) in [5, 5.41) is 0. The summed E-state index contributed by atoms with van der Waals surface area (Å²) < 4.78 is 26.1. The second-order valence-electron chi connectivity index (χ2n) is 10.8. The second kappa shape index (κ2) is 7.17. The standard InChI is InChI=1S/C25H33FN2O3/c1-24-7-4-8-25(16-30-25)22(24)13-17-18(23(29)31-21(17)14-24)15-27-9-11-28(12-10-27)20-6-3-2-5-19(20)26/h2-3,5-6,17-18,21-22H,4,7-16H2,1H3/t17-,18+,21-,22-,24-,25+/m1/s1. The van der Waals surface area contributed by atoms with E-state index in [4.69, 9.17) is 9.47 Å². The maximum Gasteiger partial charge on any atom is 0.310 e. The van der Waals surface area contributed by atoms with Crippen LogP contribution in [0.25, 0.3) is 0 Å². The topological polar surface area (TPSA) is 45.3 Å². The van der Waals surface area contributed by atoms with E-state index >= 15 is 0 Å². The van der Waals surface area contributed by atoms with Crippen LogP contribution in [0.4, 0.5) is 10.1 Å². The summed E-state index contributed by atoms with van der Waals surface area (Å²) in [7, 11) is 0. The minimum Gasteiger partial charge on any atom is -0.462 e. The van der Waals surface area contributed by atoms with Gasteiger partial charge in [-0.2, -0.15) is 0 Å². The number of rotatable bonds is 3. The molecule has 0 unspecified atom stereocenters. The van der Waals surface area contributed by atoms with E-state index < -0.39 is 0 Å². The van der Waals surface area contributed by atoms with Gasteiger partial charge in [-0.1, -0.05) is 19.1 Å². The van der Waals surface area contributed by atoms with Crippen LogP contribution in [0, 0.1) is 29.0 Å². The van der Waals surface area contributed by atoms with Crippen molar-refractivity contribution in [3.8, 4) is 0 Å². The van der Waals surface area contributed by atoms with Crippen molar-refractivity contribution in [2.24, 2.45) is 23.2 Å². The number of anilines is 1. The first kappa shape index (κ1) is 20.0. The molecule has 2 aliphatic carbocycles. The van der Waals surface area contributed by atoms with E-state index in [0.29, 0.717) is 17.5 Å². The molecule has 0 aromatic heterocycles. The smallest absolute Gasteiger partial charge is 0.310 e. The maximum absolute atomic E-state index is 14.1. The van der Waals surface area contributed by atoms with Crippen LogP contribution in [-0.2, 0) is 14.3 Å². The van der Waals surface area contributed by atoms with Gasteiger partial charge >= 0.3 is 5.97 Å². The van der Waals surface area contributed by atoms with E-state index in [-0.39, 0.29) is 34.8 Å².